The average molecular weight is 437 g/mol. The second kappa shape index (κ2) is 8.74. The number of anilines is 1. The summed E-state index contributed by atoms with van der Waals surface area (Å²) in [6.45, 7) is 4.16. The molecule has 4 rings (SSSR count). The van der Waals surface area contributed by atoms with Gasteiger partial charge in [0.05, 0.1) is 12.5 Å². The monoisotopic (exact) mass is 437 g/mol. The maximum absolute atomic E-state index is 12.7. The standard InChI is InChI=1S/C24H23NO7/c1-3-30-18-6-4-17(5-7-18)25-12-15(10-21(25)27)24(29)31-13-16-11-22(28)32-23-14(2)20(26)9-8-19(16)23/h4-9,11,15,26H,3,10,12-13H2,1-2H3/t15-/m0/s1. The van der Waals surface area contributed by atoms with E-state index in [0.717, 1.165) is 0 Å². The first-order valence-corrected chi connectivity index (χ1v) is 10.3. The molecule has 1 N–H and O–H groups in total. The lowest BCUT2D eigenvalue weighted by molar-refractivity contribution is -0.149. The first kappa shape index (κ1) is 21.4. The van der Waals surface area contributed by atoms with E-state index >= 15 is 0 Å². The van der Waals surface area contributed by atoms with E-state index in [0.29, 0.717) is 34.6 Å². The van der Waals surface area contributed by atoms with Crippen molar-refractivity contribution in [3.8, 4) is 11.5 Å². The molecule has 0 spiro atoms. The molecule has 0 bridgehead atoms. The summed E-state index contributed by atoms with van der Waals surface area (Å²) in [5.74, 6) is -0.557. The zero-order valence-corrected chi connectivity index (χ0v) is 17.8. The van der Waals surface area contributed by atoms with Crippen molar-refractivity contribution < 1.29 is 28.6 Å². The minimum Gasteiger partial charge on any atom is -0.508 e. The van der Waals surface area contributed by atoms with Gasteiger partial charge in [0.15, 0.2) is 0 Å². The number of ether oxygens (including phenoxy) is 2. The van der Waals surface area contributed by atoms with Crippen molar-refractivity contribution in [1.29, 1.82) is 0 Å². The Morgan fingerprint density at radius 2 is 1.94 bits per heavy atom. The summed E-state index contributed by atoms with van der Waals surface area (Å²) < 4.78 is 16.1. The summed E-state index contributed by atoms with van der Waals surface area (Å²) in [4.78, 5) is 38.6. The molecule has 0 saturated carbocycles. The normalized spacial score (nSPS) is 15.9. The zero-order chi connectivity index (χ0) is 22.8. The fraction of sp³-hybridized carbons (Fsp3) is 0.292. The lowest BCUT2D eigenvalue weighted by Gasteiger charge is -2.17. The largest absolute Gasteiger partial charge is 0.508 e. The number of phenolic OH excluding ortho intramolecular Hbond substituents is 1. The summed E-state index contributed by atoms with van der Waals surface area (Å²) in [5, 5.41) is 10.4. The van der Waals surface area contributed by atoms with Gasteiger partial charge in [-0.2, -0.15) is 0 Å². The molecule has 2 heterocycles. The number of fused-ring (bicyclic) bond motifs is 1. The van der Waals surface area contributed by atoms with Crippen molar-refractivity contribution in [2.45, 2.75) is 26.9 Å². The summed E-state index contributed by atoms with van der Waals surface area (Å²) in [7, 11) is 0. The van der Waals surface area contributed by atoms with Gasteiger partial charge < -0.3 is 23.9 Å². The van der Waals surface area contributed by atoms with Crippen molar-refractivity contribution in [2.75, 3.05) is 18.1 Å². The van der Waals surface area contributed by atoms with Crippen LogP contribution in [0, 0.1) is 12.8 Å². The molecule has 0 aliphatic carbocycles. The van der Waals surface area contributed by atoms with Gasteiger partial charge in [-0.3, -0.25) is 9.59 Å². The molecule has 1 amide bonds. The van der Waals surface area contributed by atoms with Gasteiger partial charge in [-0.1, -0.05) is 0 Å². The minimum absolute atomic E-state index is 0.00800. The van der Waals surface area contributed by atoms with Gasteiger partial charge in [0, 0.05) is 41.2 Å². The van der Waals surface area contributed by atoms with Crippen LogP contribution in [-0.4, -0.2) is 30.1 Å². The van der Waals surface area contributed by atoms with Crippen LogP contribution in [0.25, 0.3) is 11.0 Å². The molecule has 1 aromatic heterocycles. The Morgan fingerprint density at radius 1 is 1.19 bits per heavy atom. The molecular weight excluding hydrogens is 414 g/mol. The average Bonchev–Trinajstić information content (AvgIpc) is 3.17. The number of benzene rings is 2. The number of carbonyl (C=O) groups is 2. The quantitative estimate of drug-likeness (QED) is 0.466. The van der Waals surface area contributed by atoms with Crippen molar-refractivity contribution in [3.05, 3.63) is 64.0 Å². The number of carbonyl (C=O) groups excluding carboxylic acids is 2. The molecule has 8 nitrogen and oxygen atoms in total. The lowest BCUT2D eigenvalue weighted by Crippen LogP contribution is -2.26. The zero-order valence-electron chi connectivity index (χ0n) is 17.8. The van der Waals surface area contributed by atoms with Crippen LogP contribution in [0.5, 0.6) is 11.5 Å². The molecule has 2 aromatic carbocycles. The van der Waals surface area contributed by atoms with Gasteiger partial charge in [0.2, 0.25) is 5.91 Å². The van der Waals surface area contributed by atoms with Crippen LogP contribution in [0.4, 0.5) is 5.69 Å². The Bertz CT molecular complexity index is 1230. The first-order valence-electron chi connectivity index (χ1n) is 10.3. The highest BCUT2D eigenvalue weighted by Gasteiger charge is 2.36. The molecule has 1 aliphatic rings. The van der Waals surface area contributed by atoms with E-state index in [4.69, 9.17) is 13.9 Å². The predicted octanol–water partition coefficient (Wildman–Crippen LogP) is 3.30. The fourth-order valence-corrected chi connectivity index (χ4v) is 3.81. The fourth-order valence-electron chi connectivity index (χ4n) is 3.81. The molecule has 3 aromatic rings. The Labute approximate surface area is 184 Å². The van der Waals surface area contributed by atoms with Crippen LogP contribution in [0.15, 0.2) is 51.7 Å². The molecule has 1 atom stereocenters. The van der Waals surface area contributed by atoms with Crippen LogP contribution < -0.4 is 15.3 Å². The molecule has 32 heavy (non-hydrogen) atoms. The van der Waals surface area contributed by atoms with Crippen molar-refractivity contribution in [3.63, 3.8) is 0 Å². The summed E-state index contributed by atoms with van der Waals surface area (Å²) in [6, 6.07) is 11.5. The molecule has 1 fully saturated rings. The number of aryl methyl sites for hydroxylation is 1. The third-order valence-electron chi connectivity index (χ3n) is 5.51. The highest BCUT2D eigenvalue weighted by atomic mass is 16.5. The summed E-state index contributed by atoms with van der Waals surface area (Å²) >= 11 is 0. The number of rotatable bonds is 6. The molecular formula is C24H23NO7. The number of nitrogens with zero attached hydrogens (tertiary/aromatic N) is 1. The smallest absolute Gasteiger partial charge is 0.336 e. The Morgan fingerprint density at radius 3 is 2.66 bits per heavy atom. The Balaban J connectivity index is 1.46. The first-order chi connectivity index (χ1) is 15.4. The highest BCUT2D eigenvalue weighted by molar-refractivity contribution is 5.99. The summed E-state index contributed by atoms with van der Waals surface area (Å²) in [6.07, 6.45) is 0.0523. The van der Waals surface area contributed by atoms with Gasteiger partial charge in [0.25, 0.3) is 0 Å². The van der Waals surface area contributed by atoms with Gasteiger partial charge in [-0.25, -0.2) is 4.79 Å². The third-order valence-corrected chi connectivity index (χ3v) is 5.51. The van der Waals surface area contributed by atoms with E-state index in [9.17, 15) is 19.5 Å². The van der Waals surface area contributed by atoms with Crippen molar-refractivity contribution in [1.82, 2.24) is 0 Å². The Kier molecular flexibility index (Phi) is 5.85. The van der Waals surface area contributed by atoms with Crippen LogP contribution in [0.1, 0.15) is 24.5 Å². The van der Waals surface area contributed by atoms with Crippen LogP contribution in [0.3, 0.4) is 0 Å². The van der Waals surface area contributed by atoms with Gasteiger partial charge in [-0.15, -0.1) is 0 Å². The second-order valence-electron chi connectivity index (χ2n) is 7.62. The van der Waals surface area contributed by atoms with E-state index in [1.54, 1.807) is 42.2 Å². The van der Waals surface area contributed by atoms with Crippen molar-refractivity contribution in [2.24, 2.45) is 5.92 Å². The number of phenols is 1. The van der Waals surface area contributed by atoms with E-state index in [-0.39, 0.29) is 36.8 Å². The van der Waals surface area contributed by atoms with Crippen molar-refractivity contribution >= 4 is 28.5 Å². The summed E-state index contributed by atoms with van der Waals surface area (Å²) in [5.41, 5.74) is 1.24. The van der Waals surface area contributed by atoms with E-state index in [2.05, 4.69) is 0 Å². The number of hydrogen-bond acceptors (Lipinski definition) is 7. The molecule has 166 valence electrons. The molecule has 1 aliphatic heterocycles. The highest BCUT2D eigenvalue weighted by Crippen LogP contribution is 2.29. The third kappa shape index (κ3) is 4.16. The maximum Gasteiger partial charge on any atom is 0.336 e. The van der Waals surface area contributed by atoms with E-state index in [1.165, 1.54) is 12.1 Å². The minimum atomic E-state index is -0.605. The van der Waals surface area contributed by atoms with Crippen LogP contribution in [0.2, 0.25) is 0 Å². The van der Waals surface area contributed by atoms with Gasteiger partial charge in [-0.05, 0) is 50.2 Å². The number of amides is 1. The lowest BCUT2D eigenvalue weighted by atomic mass is 10.1. The molecule has 0 radical (unpaired) electrons. The van der Waals surface area contributed by atoms with Gasteiger partial charge >= 0.3 is 11.6 Å². The number of aromatic hydroxyl groups is 1. The number of hydrogen-bond donors (Lipinski definition) is 1. The number of esters is 1. The van der Waals surface area contributed by atoms with E-state index < -0.39 is 17.5 Å². The molecule has 8 heteroatoms. The Hall–Kier alpha value is -3.81. The molecule has 1 saturated heterocycles. The van der Waals surface area contributed by atoms with Gasteiger partial charge in [0.1, 0.15) is 23.7 Å². The predicted molar refractivity (Wildman–Crippen MR) is 117 cm³/mol. The maximum atomic E-state index is 12.7. The molecule has 0 unspecified atom stereocenters. The van der Waals surface area contributed by atoms with Crippen LogP contribution in [-0.2, 0) is 20.9 Å². The van der Waals surface area contributed by atoms with Crippen LogP contribution >= 0.6 is 0 Å². The topological polar surface area (TPSA) is 106 Å². The van der Waals surface area contributed by atoms with E-state index in [1.807, 2.05) is 6.92 Å². The SMILES string of the molecule is CCOc1ccc(N2C[C@@H](C(=O)OCc3cc(=O)oc4c(C)c(O)ccc34)CC2=O)cc1. The second-order valence-corrected chi connectivity index (χ2v) is 7.62.